The maximum Gasteiger partial charge on any atom is 0.294 e. The summed E-state index contributed by atoms with van der Waals surface area (Å²) in [5.41, 5.74) is 0.782. The topological polar surface area (TPSA) is 79.8 Å². The van der Waals surface area contributed by atoms with E-state index < -0.39 is 11.1 Å². The van der Waals surface area contributed by atoms with Crippen LogP contribution in [0.25, 0.3) is 6.08 Å². The Hall–Kier alpha value is -2.19. The number of imide groups is 1. The molecule has 0 aromatic carbocycles. The summed E-state index contributed by atoms with van der Waals surface area (Å²) in [6.07, 6.45) is 4.85. The Morgan fingerprint density at radius 3 is 2.65 bits per heavy atom. The zero-order chi connectivity index (χ0) is 16.2. The van der Waals surface area contributed by atoms with E-state index in [0.29, 0.717) is 31.2 Å². The van der Waals surface area contributed by atoms with Gasteiger partial charge in [-0.05, 0) is 35.5 Å². The predicted octanol–water partition coefficient (Wildman–Crippen LogP) is 0.977. The lowest BCUT2D eigenvalue weighted by Crippen LogP contribution is -2.46. The van der Waals surface area contributed by atoms with Crippen LogP contribution in [0.2, 0.25) is 0 Å². The standard InChI is InChI=1S/C15H15N3O4S/c19-13(17-5-7-22-8-6-17)10-18-14(20)12(23-15(18)21)9-11-1-3-16-4-2-11/h1-4,9H,5-8,10H2/b12-9-. The van der Waals surface area contributed by atoms with Gasteiger partial charge in [-0.1, -0.05) is 0 Å². The molecule has 0 unspecified atom stereocenters. The Bertz CT molecular complexity index is 656. The largest absolute Gasteiger partial charge is 0.378 e. The lowest BCUT2D eigenvalue weighted by Gasteiger charge is -2.28. The van der Waals surface area contributed by atoms with Crippen molar-refractivity contribution in [3.05, 3.63) is 35.0 Å². The first-order chi connectivity index (χ1) is 11.1. The Balaban J connectivity index is 1.69. The van der Waals surface area contributed by atoms with Gasteiger partial charge in [-0.3, -0.25) is 24.3 Å². The normalized spacial score (nSPS) is 20.4. The number of thioether (sulfide) groups is 1. The van der Waals surface area contributed by atoms with Crippen LogP contribution in [-0.4, -0.2) is 64.7 Å². The van der Waals surface area contributed by atoms with Gasteiger partial charge in [-0.25, -0.2) is 0 Å². The zero-order valence-corrected chi connectivity index (χ0v) is 13.1. The minimum atomic E-state index is -0.432. The molecule has 2 saturated heterocycles. The maximum absolute atomic E-state index is 12.3. The van der Waals surface area contributed by atoms with E-state index in [-0.39, 0.29) is 12.5 Å². The van der Waals surface area contributed by atoms with Gasteiger partial charge in [0, 0.05) is 25.5 Å². The van der Waals surface area contributed by atoms with Gasteiger partial charge in [0.05, 0.1) is 18.1 Å². The zero-order valence-electron chi connectivity index (χ0n) is 12.3. The van der Waals surface area contributed by atoms with Crippen LogP contribution in [0.5, 0.6) is 0 Å². The number of rotatable bonds is 3. The molecule has 1 aromatic heterocycles. The molecule has 3 heterocycles. The van der Waals surface area contributed by atoms with Gasteiger partial charge in [-0.2, -0.15) is 0 Å². The molecule has 2 aliphatic heterocycles. The molecule has 0 saturated carbocycles. The van der Waals surface area contributed by atoms with Crippen molar-refractivity contribution in [2.24, 2.45) is 0 Å². The lowest BCUT2D eigenvalue weighted by atomic mass is 10.2. The molecule has 0 N–H and O–H groups in total. The van der Waals surface area contributed by atoms with E-state index >= 15 is 0 Å². The van der Waals surface area contributed by atoms with E-state index in [0.717, 1.165) is 22.2 Å². The van der Waals surface area contributed by atoms with Gasteiger partial charge in [0.2, 0.25) is 5.91 Å². The number of hydrogen-bond donors (Lipinski definition) is 0. The van der Waals surface area contributed by atoms with Crippen LogP contribution < -0.4 is 0 Å². The number of aromatic nitrogens is 1. The summed E-state index contributed by atoms with van der Waals surface area (Å²) < 4.78 is 5.19. The summed E-state index contributed by atoms with van der Waals surface area (Å²) in [4.78, 5) is 43.4. The number of nitrogens with zero attached hydrogens (tertiary/aromatic N) is 3. The van der Waals surface area contributed by atoms with E-state index in [2.05, 4.69) is 4.98 Å². The molecule has 0 bridgehead atoms. The monoisotopic (exact) mass is 333 g/mol. The van der Waals surface area contributed by atoms with Gasteiger partial charge in [0.25, 0.3) is 11.1 Å². The van der Waals surface area contributed by atoms with E-state index in [9.17, 15) is 14.4 Å². The van der Waals surface area contributed by atoms with Crippen molar-refractivity contribution in [2.45, 2.75) is 0 Å². The third-order valence-corrected chi connectivity index (χ3v) is 4.44. The van der Waals surface area contributed by atoms with Gasteiger partial charge in [0.1, 0.15) is 6.54 Å². The minimum Gasteiger partial charge on any atom is -0.378 e. The van der Waals surface area contributed by atoms with Crippen molar-refractivity contribution in [2.75, 3.05) is 32.8 Å². The molecule has 3 rings (SSSR count). The molecular weight excluding hydrogens is 318 g/mol. The average molecular weight is 333 g/mol. The highest BCUT2D eigenvalue weighted by Crippen LogP contribution is 2.32. The number of carbonyl (C=O) groups excluding carboxylic acids is 3. The molecule has 0 aliphatic carbocycles. The first-order valence-corrected chi connectivity index (χ1v) is 7.98. The van der Waals surface area contributed by atoms with Crippen LogP contribution in [0.15, 0.2) is 29.4 Å². The lowest BCUT2D eigenvalue weighted by molar-refractivity contribution is -0.139. The SMILES string of the molecule is O=C(CN1C(=O)S/C(=C\c2ccncc2)C1=O)N1CCOCC1. The van der Waals surface area contributed by atoms with E-state index in [1.54, 1.807) is 35.5 Å². The molecule has 3 amide bonds. The van der Waals surface area contributed by atoms with E-state index in [1.807, 2.05) is 0 Å². The Morgan fingerprint density at radius 2 is 1.96 bits per heavy atom. The van der Waals surface area contributed by atoms with Crippen molar-refractivity contribution in [1.29, 1.82) is 0 Å². The molecule has 7 nitrogen and oxygen atoms in total. The van der Waals surface area contributed by atoms with Crippen molar-refractivity contribution in [3.8, 4) is 0 Å². The number of ether oxygens (including phenoxy) is 1. The second-order valence-corrected chi connectivity index (χ2v) is 6.03. The van der Waals surface area contributed by atoms with E-state index in [1.165, 1.54) is 0 Å². The van der Waals surface area contributed by atoms with Crippen LogP contribution in [0.1, 0.15) is 5.56 Å². The van der Waals surface area contributed by atoms with Crippen LogP contribution in [-0.2, 0) is 14.3 Å². The highest BCUT2D eigenvalue weighted by molar-refractivity contribution is 8.18. The minimum absolute atomic E-state index is 0.224. The van der Waals surface area contributed by atoms with Crippen LogP contribution in [0, 0.1) is 0 Å². The molecule has 0 atom stereocenters. The Morgan fingerprint density at radius 1 is 1.26 bits per heavy atom. The first kappa shape index (κ1) is 15.7. The van der Waals surface area contributed by atoms with Crippen LogP contribution >= 0.6 is 11.8 Å². The fraction of sp³-hybridized carbons (Fsp3) is 0.333. The summed E-state index contributed by atoms with van der Waals surface area (Å²) in [7, 11) is 0. The highest BCUT2D eigenvalue weighted by atomic mass is 32.2. The average Bonchev–Trinajstić information content (AvgIpc) is 2.84. The maximum atomic E-state index is 12.3. The summed E-state index contributed by atoms with van der Waals surface area (Å²) in [5.74, 6) is -0.667. The fourth-order valence-electron chi connectivity index (χ4n) is 2.30. The van der Waals surface area contributed by atoms with E-state index in [4.69, 9.17) is 4.74 Å². The molecule has 0 spiro atoms. The molecule has 2 fully saturated rings. The van der Waals surface area contributed by atoms with Gasteiger partial charge in [0.15, 0.2) is 0 Å². The van der Waals surface area contributed by atoms with Gasteiger partial charge in [-0.15, -0.1) is 0 Å². The van der Waals surface area contributed by atoms with Gasteiger partial charge >= 0.3 is 0 Å². The van der Waals surface area contributed by atoms with Crippen molar-refractivity contribution >= 4 is 34.9 Å². The van der Waals surface area contributed by atoms with Crippen LogP contribution in [0.4, 0.5) is 4.79 Å². The number of amides is 3. The quantitative estimate of drug-likeness (QED) is 0.767. The van der Waals surface area contributed by atoms with Gasteiger partial charge < -0.3 is 9.64 Å². The fourth-order valence-corrected chi connectivity index (χ4v) is 3.13. The third-order valence-electron chi connectivity index (χ3n) is 3.53. The second-order valence-electron chi connectivity index (χ2n) is 5.04. The molecular formula is C15H15N3O4S. The summed E-state index contributed by atoms with van der Waals surface area (Å²) >= 11 is 0.848. The van der Waals surface area contributed by atoms with Crippen molar-refractivity contribution in [3.63, 3.8) is 0 Å². The number of carbonyl (C=O) groups is 3. The van der Waals surface area contributed by atoms with Crippen molar-refractivity contribution in [1.82, 2.24) is 14.8 Å². The number of hydrogen-bond acceptors (Lipinski definition) is 6. The third kappa shape index (κ3) is 3.59. The predicted molar refractivity (Wildman–Crippen MR) is 84.3 cm³/mol. The summed E-state index contributed by atoms with van der Waals surface area (Å²) in [5, 5.41) is -0.420. The van der Waals surface area contributed by atoms with Crippen molar-refractivity contribution < 1.29 is 19.1 Å². The molecule has 2 aliphatic rings. The molecule has 0 radical (unpaired) electrons. The summed E-state index contributed by atoms with van der Waals surface area (Å²) in [6, 6.07) is 3.49. The molecule has 23 heavy (non-hydrogen) atoms. The Labute approximate surface area is 137 Å². The number of pyridine rings is 1. The van der Waals surface area contributed by atoms with Crippen LogP contribution in [0.3, 0.4) is 0 Å². The second kappa shape index (κ2) is 6.93. The molecule has 8 heteroatoms. The first-order valence-electron chi connectivity index (χ1n) is 7.16. The summed E-state index contributed by atoms with van der Waals surface area (Å²) in [6.45, 7) is 1.72. The smallest absolute Gasteiger partial charge is 0.294 e. The molecule has 120 valence electrons. The number of morpholine rings is 1. The Kier molecular flexibility index (Phi) is 4.73. The highest BCUT2D eigenvalue weighted by Gasteiger charge is 2.37. The molecule has 1 aromatic rings.